The molecule has 1 atom stereocenters. The van der Waals surface area contributed by atoms with Gasteiger partial charge in [-0.05, 0) is 55.5 Å². The molecule has 0 radical (unpaired) electrons. The van der Waals surface area contributed by atoms with Crippen molar-refractivity contribution in [1.29, 1.82) is 0 Å². The molecule has 0 aliphatic carbocycles. The Kier molecular flexibility index (Phi) is 7.80. The zero-order valence-electron chi connectivity index (χ0n) is 20.0. The van der Waals surface area contributed by atoms with Crippen LogP contribution >= 0.6 is 11.3 Å². The second kappa shape index (κ2) is 9.41. The van der Waals surface area contributed by atoms with E-state index in [0.29, 0.717) is 24.8 Å². The number of aryl methyl sites for hydroxylation is 3. The van der Waals surface area contributed by atoms with Gasteiger partial charge in [0.25, 0.3) is 0 Å². The minimum atomic E-state index is -5.73. The largest absolute Gasteiger partial charge is 0.534 e. The van der Waals surface area contributed by atoms with Gasteiger partial charge < -0.3 is 4.18 Å². The second-order valence-corrected chi connectivity index (χ2v) is 12.2. The lowest BCUT2D eigenvalue weighted by Crippen LogP contribution is -2.28. The van der Waals surface area contributed by atoms with Gasteiger partial charge in [-0.15, -0.1) is 11.3 Å². The molecule has 0 saturated carbocycles. The van der Waals surface area contributed by atoms with Crippen molar-refractivity contribution in [2.45, 2.75) is 78.7 Å². The van der Waals surface area contributed by atoms with Crippen molar-refractivity contribution in [2.24, 2.45) is 5.41 Å². The first-order valence-corrected chi connectivity index (χ1v) is 12.9. The van der Waals surface area contributed by atoms with Crippen LogP contribution in [-0.4, -0.2) is 19.7 Å². The molecule has 9 heteroatoms. The van der Waals surface area contributed by atoms with E-state index in [0.717, 1.165) is 20.9 Å². The molecule has 2 aromatic rings. The van der Waals surface area contributed by atoms with Crippen LogP contribution in [0.15, 0.2) is 24.3 Å². The normalized spacial score (nSPS) is 14.7. The molecule has 4 nitrogen and oxygen atoms in total. The van der Waals surface area contributed by atoms with Crippen molar-refractivity contribution in [3.8, 4) is 5.75 Å². The third-order valence-corrected chi connectivity index (χ3v) is 8.51. The van der Waals surface area contributed by atoms with E-state index < -0.39 is 21.0 Å². The van der Waals surface area contributed by atoms with E-state index in [1.54, 1.807) is 23.5 Å². The Bertz CT molecular complexity index is 1130. The Morgan fingerprint density at radius 2 is 1.64 bits per heavy atom. The van der Waals surface area contributed by atoms with Gasteiger partial charge in [0.1, 0.15) is 11.5 Å². The predicted octanol–water partition coefficient (Wildman–Crippen LogP) is 6.86. The third-order valence-electron chi connectivity index (χ3n) is 5.98. The van der Waals surface area contributed by atoms with E-state index in [4.69, 9.17) is 0 Å². The van der Waals surface area contributed by atoms with Crippen LogP contribution in [0.3, 0.4) is 0 Å². The van der Waals surface area contributed by atoms with Crippen LogP contribution in [-0.2, 0) is 26.7 Å². The molecule has 0 N–H and O–H groups in total. The highest BCUT2D eigenvalue weighted by molar-refractivity contribution is 7.88. The summed E-state index contributed by atoms with van der Waals surface area (Å²) in [6.07, 6.45) is 1.84. The number of benzene rings is 1. The lowest BCUT2D eigenvalue weighted by atomic mass is 9.78. The molecule has 1 unspecified atom stereocenters. The molecular weight excluding hydrogens is 473 g/mol. The number of hydrogen-bond donors (Lipinski definition) is 0. The highest BCUT2D eigenvalue weighted by atomic mass is 32.2. The molecule has 184 valence electrons. The Hall–Kier alpha value is -1.87. The topological polar surface area (TPSA) is 60.4 Å². The van der Waals surface area contributed by atoms with Crippen molar-refractivity contribution in [1.82, 2.24) is 0 Å². The summed E-state index contributed by atoms with van der Waals surface area (Å²) in [5.74, 6) is -0.145. The monoisotopic (exact) mass is 504 g/mol. The summed E-state index contributed by atoms with van der Waals surface area (Å²) in [6, 6.07) is 6.64. The smallest absolute Gasteiger partial charge is 0.376 e. The molecule has 2 rings (SSSR count). The first-order valence-electron chi connectivity index (χ1n) is 10.7. The standard InChI is InChI=1S/C24H31F3O4S2/c1-8-23(7,21-14-16(3)19(32-21)11-12-20(28)22(4,5)6)17-9-10-18(15(2)13-17)31-33(29,30)24(25,26)27/h9-10,13-14H,8,11-12H2,1-7H3. The molecule has 33 heavy (non-hydrogen) atoms. The Morgan fingerprint density at radius 3 is 2.12 bits per heavy atom. The molecule has 0 spiro atoms. The van der Waals surface area contributed by atoms with Gasteiger partial charge in [-0.2, -0.15) is 21.6 Å². The maximum absolute atomic E-state index is 12.7. The number of halogens is 3. The SMILES string of the molecule is CCC(C)(c1ccc(OS(=O)(=O)C(F)(F)F)c(C)c1)c1cc(C)c(CCC(=O)C(C)(C)C)s1. The quantitative estimate of drug-likeness (QED) is 0.291. The van der Waals surface area contributed by atoms with Gasteiger partial charge in [0.05, 0.1) is 0 Å². The maximum atomic E-state index is 12.7. The van der Waals surface area contributed by atoms with Crippen molar-refractivity contribution < 1.29 is 30.6 Å². The van der Waals surface area contributed by atoms with E-state index >= 15 is 0 Å². The van der Waals surface area contributed by atoms with E-state index in [9.17, 15) is 26.4 Å². The van der Waals surface area contributed by atoms with Crippen LogP contribution in [0.25, 0.3) is 0 Å². The average Bonchev–Trinajstić information content (AvgIpc) is 3.06. The summed E-state index contributed by atoms with van der Waals surface area (Å²) >= 11 is 1.63. The van der Waals surface area contributed by atoms with Crippen molar-refractivity contribution in [3.63, 3.8) is 0 Å². The van der Waals surface area contributed by atoms with Crippen LogP contribution in [0.5, 0.6) is 5.75 Å². The number of carbonyl (C=O) groups is 1. The first kappa shape index (κ1) is 27.4. The van der Waals surface area contributed by atoms with Gasteiger partial charge in [-0.1, -0.05) is 46.8 Å². The predicted molar refractivity (Wildman–Crippen MR) is 125 cm³/mol. The average molecular weight is 505 g/mol. The van der Waals surface area contributed by atoms with Crippen molar-refractivity contribution in [2.75, 3.05) is 0 Å². The number of carbonyl (C=O) groups excluding carboxylic acids is 1. The number of Topliss-reactive ketones (excluding diaryl/α,β-unsaturated/α-hetero) is 1. The summed E-state index contributed by atoms with van der Waals surface area (Å²) < 4.78 is 65.1. The molecule has 0 aliphatic rings. The summed E-state index contributed by atoms with van der Waals surface area (Å²) in [7, 11) is -5.73. The van der Waals surface area contributed by atoms with E-state index in [2.05, 4.69) is 10.2 Å². The molecule has 1 heterocycles. The summed E-state index contributed by atoms with van der Waals surface area (Å²) in [4.78, 5) is 14.6. The fourth-order valence-corrected chi connectivity index (χ4v) is 5.34. The minimum Gasteiger partial charge on any atom is -0.376 e. The zero-order chi connectivity index (χ0) is 25.4. The molecule has 1 aromatic carbocycles. The maximum Gasteiger partial charge on any atom is 0.534 e. The molecule has 0 bridgehead atoms. The molecule has 1 aromatic heterocycles. The lowest BCUT2D eigenvalue weighted by Gasteiger charge is -2.28. The van der Waals surface area contributed by atoms with Crippen LogP contribution in [0.1, 0.15) is 73.9 Å². The van der Waals surface area contributed by atoms with Crippen LogP contribution in [0.2, 0.25) is 0 Å². The zero-order valence-corrected chi connectivity index (χ0v) is 21.6. The van der Waals surface area contributed by atoms with Crippen molar-refractivity contribution >= 4 is 27.2 Å². The van der Waals surface area contributed by atoms with Gasteiger partial charge in [0.2, 0.25) is 0 Å². The minimum absolute atomic E-state index is 0.204. The van der Waals surface area contributed by atoms with Gasteiger partial charge in [0, 0.05) is 27.0 Å². The number of hydrogen-bond acceptors (Lipinski definition) is 5. The van der Waals surface area contributed by atoms with E-state index in [1.807, 2.05) is 41.5 Å². The highest BCUT2D eigenvalue weighted by Gasteiger charge is 2.48. The summed E-state index contributed by atoms with van der Waals surface area (Å²) in [6.45, 7) is 13.3. The Morgan fingerprint density at radius 1 is 1.03 bits per heavy atom. The summed E-state index contributed by atoms with van der Waals surface area (Å²) in [5, 5.41) is 0. The number of alkyl halides is 3. The Labute approximate surface area is 198 Å². The fraction of sp³-hybridized carbons (Fsp3) is 0.542. The second-order valence-electron chi connectivity index (χ2n) is 9.54. The number of rotatable bonds is 8. The molecular formula is C24H31F3O4S2. The lowest BCUT2D eigenvalue weighted by molar-refractivity contribution is -0.126. The summed E-state index contributed by atoms with van der Waals surface area (Å²) in [5.41, 5.74) is -4.07. The van der Waals surface area contributed by atoms with Crippen LogP contribution in [0.4, 0.5) is 13.2 Å². The van der Waals surface area contributed by atoms with Gasteiger partial charge in [-0.3, -0.25) is 4.79 Å². The van der Waals surface area contributed by atoms with Gasteiger partial charge in [0.15, 0.2) is 0 Å². The van der Waals surface area contributed by atoms with Gasteiger partial charge in [-0.25, -0.2) is 0 Å². The van der Waals surface area contributed by atoms with Crippen LogP contribution in [0, 0.1) is 19.3 Å². The van der Waals surface area contributed by atoms with Crippen LogP contribution < -0.4 is 4.18 Å². The van der Waals surface area contributed by atoms with E-state index in [1.165, 1.54) is 13.0 Å². The Balaban J connectivity index is 2.35. The molecule has 0 amide bonds. The third kappa shape index (κ3) is 5.98. The highest BCUT2D eigenvalue weighted by Crippen LogP contribution is 2.42. The van der Waals surface area contributed by atoms with Crippen molar-refractivity contribution in [3.05, 3.63) is 50.7 Å². The fourth-order valence-electron chi connectivity index (χ4n) is 3.41. The first-order chi connectivity index (χ1) is 14.9. The molecule has 0 aliphatic heterocycles. The number of ketones is 1. The van der Waals surface area contributed by atoms with E-state index in [-0.39, 0.29) is 16.9 Å². The molecule has 0 saturated heterocycles. The van der Waals surface area contributed by atoms with Gasteiger partial charge >= 0.3 is 15.6 Å². The number of thiophene rings is 1. The molecule has 0 fully saturated rings.